The number of nitrogens with one attached hydrogen (secondary N) is 1. The van der Waals surface area contributed by atoms with E-state index in [1.165, 1.54) is 31.1 Å². The molecule has 1 N–H and O–H groups in total. The van der Waals surface area contributed by atoms with Crippen LogP contribution in [-0.4, -0.2) is 45.6 Å². The van der Waals surface area contributed by atoms with Gasteiger partial charge in [-0.1, -0.05) is 0 Å². The number of ether oxygens (including phenoxy) is 1. The second-order valence-corrected chi connectivity index (χ2v) is 4.51. The number of carbonyl (C=O) groups excluding carboxylic acids is 3. The summed E-state index contributed by atoms with van der Waals surface area (Å²) in [5.74, 6) is -2.24. The third-order valence-electron chi connectivity index (χ3n) is 3.24. The first-order chi connectivity index (χ1) is 9.93. The fourth-order valence-corrected chi connectivity index (χ4v) is 2.25. The number of rotatable bonds is 0. The first-order valence-corrected chi connectivity index (χ1v) is 6.02. The highest BCUT2D eigenvalue weighted by Crippen LogP contribution is 2.34. The van der Waals surface area contributed by atoms with Gasteiger partial charge >= 0.3 is 5.97 Å². The smallest absolute Gasteiger partial charge is 0.346 e. The molecular weight excluding hydrogens is 276 g/mol. The second-order valence-electron chi connectivity index (χ2n) is 4.51. The van der Waals surface area contributed by atoms with Gasteiger partial charge in [-0.05, 0) is 12.1 Å². The summed E-state index contributed by atoms with van der Waals surface area (Å²) in [6.07, 6.45) is 1.47. The molecule has 2 aliphatic heterocycles. The molecule has 1 aromatic heterocycles. The summed E-state index contributed by atoms with van der Waals surface area (Å²) >= 11 is 0. The number of esters is 1. The molecule has 1 aromatic rings. The van der Waals surface area contributed by atoms with Gasteiger partial charge in [0.2, 0.25) is 11.9 Å². The number of amides is 2. The molecule has 8 heteroatoms. The largest absolute Gasteiger partial charge is 0.418 e. The molecule has 3 heterocycles. The molecule has 0 atom stereocenters. The van der Waals surface area contributed by atoms with E-state index in [1.54, 1.807) is 6.07 Å². The summed E-state index contributed by atoms with van der Waals surface area (Å²) in [5.41, 5.74) is 0.422. The highest BCUT2D eigenvalue weighted by Gasteiger charge is 2.44. The van der Waals surface area contributed by atoms with Gasteiger partial charge in [-0.2, -0.15) is 0 Å². The SMILES string of the molecule is CC(=O)N1C(=N)N(C)C(=C2OC(=O)c3cccnc32)C1=O. The summed E-state index contributed by atoms with van der Waals surface area (Å²) in [7, 11) is 1.44. The van der Waals surface area contributed by atoms with E-state index in [0.717, 1.165) is 0 Å². The van der Waals surface area contributed by atoms with Gasteiger partial charge in [-0.25, -0.2) is 9.69 Å². The minimum atomic E-state index is -0.712. The molecule has 0 saturated carbocycles. The van der Waals surface area contributed by atoms with Crippen LogP contribution in [0.15, 0.2) is 24.0 Å². The van der Waals surface area contributed by atoms with Crippen LogP contribution in [0.3, 0.4) is 0 Å². The molecule has 106 valence electrons. The molecule has 0 unspecified atom stereocenters. The van der Waals surface area contributed by atoms with E-state index in [9.17, 15) is 14.4 Å². The van der Waals surface area contributed by atoms with Crippen molar-refractivity contribution in [3.63, 3.8) is 0 Å². The van der Waals surface area contributed by atoms with E-state index < -0.39 is 17.8 Å². The topological polar surface area (TPSA) is 104 Å². The molecule has 0 aliphatic carbocycles. The number of fused-ring (bicyclic) bond motifs is 1. The van der Waals surface area contributed by atoms with Crippen LogP contribution in [0.25, 0.3) is 5.76 Å². The Kier molecular flexibility index (Phi) is 2.62. The average molecular weight is 286 g/mol. The predicted molar refractivity (Wildman–Crippen MR) is 69.6 cm³/mol. The molecule has 0 bridgehead atoms. The Morgan fingerprint density at radius 1 is 1.38 bits per heavy atom. The number of pyridine rings is 1. The molecule has 1 fully saturated rings. The Balaban J connectivity index is 2.21. The number of cyclic esters (lactones) is 1. The van der Waals surface area contributed by atoms with E-state index >= 15 is 0 Å². The number of likely N-dealkylation sites (N-methyl/N-ethyl adjacent to an activating group) is 1. The number of hydrogen-bond acceptors (Lipinski definition) is 6. The first kappa shape index (κ1) is 13.0. The molecule has 1 saturated heterocycles. The lowest BCUT2D eigenvalue weighted by Crippen LogP contribution is -2.36. The third-order valence-corrected chi connectivity index (χ3v) is 3.24. The van der Waals surface area contributed by atoms with E-state index in [4.69, 9.17) is 10.1 Å². The third kappa shape index (κ3) is 1.65. The van der Waals surface area contributed by atoms with Crippen molar-refractivity contribution in [3.8, 4) is 0 Å². The highest BCUT2D eigenvalue weighted by molar-refractivity contribution is 6.24. The first-order valence-electron chi connectivity index (χ1n) is 6.02. The molecule has 8 nitrogen and oxygen atoms in total. The van der Waals surface area contributed by atoms with Crippen LogP contribution in [0, 0.1) is 5.41 Å². The van der Waals surface area contributed by atoms with Crippen LogP contribution in [0.1, 0.15) is 23.0 Å². The molecule has 2 aliphatic rings. The number of aromatic nitrogens is 1. The number of guanidine groups is 1. The van der Waals surface area contributed by atoms with E-state index in [1.807, 2.05) is 0 Å². The molecule has 0 radical (unpaired) electrons. The van der Waals surface area contributed by atoms with Crippen LogP contribution < -0.4 is 0 Å². The van der Waals surface area contributed by atoms with E-state index in [2.05, 4.69) is 4.98 Å². The van der Waals surface area contributed by atoms with Gasteiger partial charge in [0.1, 0.15) is 5.69 Å². The standard InChI is InChI=1S/C13H10N4O4/c1-6(18)17-11(19)9(16(2)13(17)14)10-8-7(12(20)21-10)4-3-5-15-8/h3-5,14H,1-2H3. The molecule has 0 aromatic carbocycles. The Morgan fingerprint density at radius 2 is 2.10 bits per heavy atom. The minimum absolute atomic E-state index is 0.0309. The van der Waals surface area contributed by atoms with Gasteiger partial charge in [-0.3, -0.25) is 20.0 Å². The van der Waals surface area contributed by atoms with Crippen molar-refractivity contribution in [2.75, 3.05) is 7.05 Å². The minimum Gasteiger partial charge on any atom is -0.418 e. The van der Waals surface area contributed by atoms with Crippen LogP contribution in [0.5, 0.6) is 0 Å². The van der Waals surface area contributed by atoms with Gasteiger partial charge in [0.05, 0.1) is 5.56 Å². The number of imide groups is 1. The molecule has 2 amide bonds. The van der Waals surface area contributed by atoms with Crippen molar-refractivity contribution >= 4 is 29.5 Å². The number of carbonyl (C=O) groups is 3. The normalized spacial score (nSPS) is 21.0. The van der Waals surface area contributed by atoms with Gasteiger partial charge in [0.25, 0.3) is 5.91 Å². The average Bonchev–Trinajstić information content (AvgIpc) is 2.87. The fraction of sp³-hybridized carbons (Fsp3) is 0.154. The maximum absolute atomic E-state index is 12.3. The van der Waals surface area contributed by atoms with Crippen LogP contribution in [0.2, 0.25) is 0 Å². The van der Waals surface area contributed by atoms with Gasteiger partial charge in [0.15, 0.2) is 11.5 Å². The van der Waals surface area contributed by atoms with E-state index in [-0.39, 0.29) is 28.7 Å². The Labute approximate surface area is 119 Å². The summed E-state index contributed by atoms with van der Waals surface area (Å²) in [5, 5.41) is 7.82. The molecule has 21 heavy (non-hydrogen) atoms. The predicted octanol–water partition coefficient (Wildman–Crippen LogP) is 0.176. The highest BCUT2D eigenvalue weighted by atomic mass is 16.5. The number of nitrogens with zero attached hydrogens (tertiary/aromatic N) is 3. The monoisotopic (exact) mass is 286 g/mol. The maximum atomic E-state index is 12.3. The Morgan fingerprint density at radius 3 is 2.71 bits per heavy atom. The fourth-order valence-electron chi connectivity index (χ4n) is 2.25. The molecule has 3 rings (SSSR count). The lowest BCUT2D eigenvalue weighted by atomic mass is 10.2. The second kappa shape index (κ2) is 4.23. The zero-order valence-electron chi connectivity index (χ0n) is 11.2. The van der Waals surface area contributed by atoms with Crippen LogP contribution in [0.4, 0.5) is 0 Å². The summed E-state index contributed by atoms with van der Waals surface area (Å²) in [6, 6.07) is 3.11. The Bertz CT molecular complexity index is 752. The zero-order valence-corrected chi connectivity index (χ0v) is 11.2. The zero-order chi connectivity index (χ0) is 15.3. The van der Waals surface area contributed by atoms with Crippen molar-refractivity contribution in [1.82, 2.24) is 14.8 Å². The molecular formula is C13H10N4O4. The van der Waals surface area contributed by atoms with Crippen molar-refractivity contribution in [2.45, 2.75) is 6.92 Å². The molecule has 0 spiro atoms. The summed E-state index contributed by atoms with van der Waals surface area (Å²) < 4.78 is 5.11. The maximum Gasteiger partial charge on any atom is 0.346 e. The van der Waals surface area contributed by atoms with Crippen molar-refractivity contribution < 1.29 is 19.1 Å². The van der Waals surface area contributed by atoms with Gasteiger partial charge in [-0.15, -0.1) is 0 Å². The van der Waals surface area contributed by atoms with Gasteiger partial charge in [0, 0.05) is 20.2 Å². The van der Waals surface area contributed by atoms with Crippen molar-refractivity contribution in [2.24, 2.45) is 0 Å². The summed E-state index contributed by atoms with van der Waals surface area (Å²) in [4.78, 5) is 41.5. The lowest BCUT2D eigenvalue weighted by Gasteiger charge is -2.12. The van der Waals surface area contributed by atoms with Crippen molar-refractivity contribution in [1.29, 1.82) is 5.41 Å². The van der Waals surface area contributed by atoms with Gasteiger partial charge < -0.3 is 9.64 Å². The quantitative estimate of drug-likeness (QED) is 0.539. The van der Waals surface area contributed by atoms with Crippen molar-refractivity contribution in [3.05, 3.63) is 35.3 Å². The van der Waals surface area contributed by atoms with Crippen LogP contribution in [-0.2, 0) is 14.3 Å². The summed E-state index contributed by atoms with van der Waals surface area (Å²) in [6.45, 7) is 1.18. The van der Waals surface area contributed by atoms with E-state index in [0.29, 0.717) is 4.90 Å². The number of hydrogen-bond donors (Lipinski definition) is 1. The lowest BCUT2D eigenvalue weighted by molar-refractivity contribution is -0.135. The Hall–Kier alpha value is -3.03. The van der Waals surface area contributed by atoms with Crippen LogP contribution >= 0.6 is 0 Å².